The molecule has 0 spiro atoms. The van der Waals surface area contributed by atoms with Gasteiger partial charge in [0.25, 0.3) is 23.6 Å². The minimum absolute atomic E-state index is 0.0190. The summed E-state index contributed by atoms with van der Waals surface area (Å²) in [6.07, 6.45) is 28.0. The molecule has 27 rings (SSSR count). The van der Waals surface area contributed by atoms with E-state index in [0.717, 1.165) is 229 Å². The Labute approximate surface area is 849 Å². The van der Waals surface area contributed by atoms with E-state index >= 15 is 0 Å². The molecule has 11 aromatic rings. The summed E-state index contributed by atoms with van der Waals surface area (Å²) in [5, 5.41) is 32.4. The number of carbonyl (C=O) groups excluding carboxylic acids is 4. The Kier molecular flexibility index (Phi) is 28.0. The summed E-state index contributed by atoms with van der Waals surface area (Å²) < 4.78 is 93.6. The van der Waals surface area contributed by atoms with Crippen molar-refractivity contribution < 1.29 is 45.5 Å². The van der Waals surface area contributed by atoms with Crippen LogP contribution in [0.2, 0.25) is 5.02 Å². The third kappa shape index (κ3) is 18.8. The third-order valence-electron chi connectivity index (χ3n) is 36.6. The van der Waals surface area contributed by atoms with E-state index in [1.807, 2.05) is 36.4 Å². The van der Waals surface area contributed by atoms with Crippen LogP contribution < -0.4 is 21.3 Å². The number of aromatic nitrogens is 8. The fourth-order valence-corrected chi connectivity index (χ4v) is 28.8. The van der Waals surface area contributed by atoms with Gasteiger partial charge in [-0.15, -0.1) is 11.6 Å². The summed E-state index contributed by atoms with van der Waals surface area (Å²) in [6, 6.07) is 35.0. The number of unbranched alkanes of at least 4 members (excludes halogenated alkanes) is 2. The predicted molar refractivity (Wildman–Crippen MR) is 551 cm³/mol. The number of nitrogens with zero attached hydrogens (tertiary/aromatic N) is 8. The molecule has 4 N–H and O–H groups in total. The second-order valence-corrected chi connectivity index (χ2v) is 47.4. The van der Waals surface area contributed by atoms with Gasteiger partial charge in [0.05, 0.1) is 22.8 Å². The number of aryl methyl sites for hydroxylation is 7. The summed E-state index contributed by atoms with van der Waals surface area (Å²) >= 11 is 15.7. The Morgan fingerprint density at radius 2 is 0.676 bits per heavy atom. The molecular weight excluding hydrogens is 1900 g/mol. The largest absolute Gasteiger partial charge is 0.350 e. The smallest absolute Gasteiger partial charge is 0.272 e. The second kappa shape index (κ2) is 40.0. The molecule has 8 bridgehead atoms. The lowest BCUT2D eigenvalue weighted by molar-refractivity contribution is -0.103. The van der Waals surface area contributed by atoms with Crippen LogP contribution in [0.15, 0.2) is 132 Å². The summed E-state index contributed by atoms with van der Waals surface area (Å²) in [5.41, 5.74) is 21.6. The van der Waals surface area contributed by atoms with E-state index in [0.29, 0.717) is 147 Å². The monoisotopic (exact) mass is 2030 g/mol. The van der Waals surface area contributed by atoms with Gasteiger partial charge in [-0.05, 0) is 356 Å². The first-order chi connectivity index (χ1) is 68.1. The maximum Gasteiger partial charge on any atom is 0.272 e. The van der Waals surface area contributed by atoms with Gasteiger partial charge in [0.15, 0.2) is 40.2 Å². The summed E-state index contributed by atoms with van der Waals surface area (Å²) in [7, 11) is 0. The Morgan fingerprint density at radius 1 is 0.366 bits per heavy atom. The van der Waals surface area contributed by atoms with Gasteiger partial charge in [0.2, 0.25) is 0 Å². The maximum atomic E-state index is 15.0. The number of halogens is 9. The van der Waals surface area contributed by atoms with Crippen molar-refractivity contribution >= 4 is 62.8 Å². The Balaban J connectivity index is 0.000000116. The molecule has 4 aromatic heterocycles. The fraction of sp³-hybridized carbons (Fsp3) is 0.504. The fourth-order valence-electron chi connectivity index (χ4n) is 28.0. The lowest BCUT2D eigenvalue weighted by atomic mass is 9.45. The van der Waals surface area contributed by atoms with Crippen molar-refractivity contribution in [1.29, 1.82) is 0 Å². The first-order valence-corrected chi connectivity index (χ1v) is 54.1. The normalized spacial score (nSPS) is 23.9. The van der Waals surface area contributed by atoms with E-state index in [-0.39, 0.29) is 40.7 Å². The molecule has 7 aromatic carbocycles. The molecular formula is C117H133BrCl2F6N12O4. The minimum atomic E-state index is -0.726. The highest BCUT2D eigenvalue weighted by atomic mass is 79.9. The lowest BCUT2D eigenvalue weighted by Gasteiger charge is -2.60. The van der Waals surface area contributed by atoms with Gasteiger partial charge in [-0.25, -0.2) is 40.4 Å². The van der Waals surface area contributed by atoms with Crippen molar-refractivity contribution in [3.63, 3.8) is 0 Å². The molecule has 12 atom stereocenters. The molecule has 25 heteroatoms. The van der Waals surface area contributed by atoms with Gasteiger partial charge in [0, 0.05) is 111 Å². The number of nitrogens with one attached hydrogen (secondary N) is 4. The zero-order valence-electron chi connectivity index (χ0n) is 83.5. The molecule has 16 aliphatic carbocycles. The van der Waals surface area contributed by atoms with E-state index in [1.54, 1.807) is 6.07 Å². The van der Waals surface area contributed by atoms with Crippen LogP contribution in [-0.4, -0.2) is 94.8 Å². The quantitative estimate of drug-likeness (QED) is 0.0330. The van der Waals surface area contributed by atoms with E-state index in [1.165, 1.54) is 131 Å². The summed E-state index contributed by atoms with van der Waals surface area (Å²) in [4.78, 5) is 54.2. The van der Waals surface area contributed by atoms with Crippen LogP contribution in [0, 0.1) is 141 Å². The number of rotatable bonds is 20. The van der Waals surface area contributed by atoms with Gasteiger partial charge < -0.3 is 21.3 Å². The Hall–Kier alpha value is -10.1. The van der Waals surface area contributed by atoms with Crippen LogP contribution >= 0.6 is 39.1 Å². The maximum absolute atomic E-state index is 15.0. The first kappa shape index (κ1) is 99.3. The zero-order valence-corrected chi connectivity index (χ0v) is 86.6. The number of carbonyl (C=O) groups is 4. The SMILES string of the molecule is CC1(C)C2CCC(CNC(=O)c3nn(-c4ccc(F)cc4F)c4c3CCCc3cc(Br)ccc3-4)C1C2.CC1(C)C2CCC(CNC(=O)c3nn(-c4ccc(F)cc4F)c4c3CCCc3cc(Cl)ccc3-4)C1C2.Cc1ccc2c(c1)CCCc1c(C(=O)NCC3CCC4CC3C4(C)C)nn(-c3ccc(F)cc3F)c1-2.Cc1ccc2c(c1)CCCc1c(C(=O)NCC3CCC4CC3C4(C)C)nn(CCCCCCl)c1-2. The number of hydrogen-bond acceptors (Lipinski definition) is 8. The molecule has 748 valence electrons. The van der Waals surface area contributed by atoms with Crippen LogP contribution in [0.3, 0.4) is 0 Å². The Morgan fingerprint density at radius 3 is 1.01 bits per heavy atom. The van der Waals surface area contributed by atoms with Gasteiger partial charge in [-0.1, -0.05) is 149 Å². The van der Waals surface area contributed by atoms with Gasteiger partial charge in [-0.3, -0.25) is 23.9 Å². The summed E-state index contributed by atoms with van der Waals surface area (Å²) in [5.74, 6) is 4.00. The third-order valence-corrected chi connectivity index (χ3v) is 37.5. The average Bonchev–Trinajstić information content (AvgIpc) is 1.43. The highest BCUT2D eigenvalue weighted by Gasteiger charge is 2.58. The second-order valence-electron chi connectivity index (χ2n) is 45.7. The molecule has 0 saturated heterocycles. The molecule has 142 heavy (non-hydrogen) atoms. The minimum Gasteiger partial charge on any atom is -0.350 e. The molecule has 12 unspecified atom stereocenters. The zero-order chi connectivity index (χ0) is 99.4. The van der Waals surface area contributed by atoms with E-state index in [4.69, 9.17) is 28.3 Å². The summed E-state index contributed by atoms with van der Waals surface area (Å²) in [6.45, 7) is 26.7. The number of alkyl halides is 1. The van der Waals surface area contributed by atoms with Crippen LogP contribution in [0.5, 0.6) is 0 Å². The Bertz CT molecular complexity index is 6220. The van der Waals surface area contributed by atoms with Crippen molar-refractivity contribution in [3.05, 3.63) is 250 Å². The molecule has 12 fully saturated rings. The molecule has 4 heterocycles. The van der Waals surface area contributed by atoms with Crippen molar-refractivity contribution in [2.75, 3.05) is 32.1 Å². The van der Waals surface area contributed by atoms with Crippen molar-refractivity contribution in [3.8, 4) is 62.1 Å². The van der Waals surface area contributed by atoms with Crippen molar-refractivity contribution in [2.24, 2.45) is 92.7 Å². The molecule has 0 aliphatic heterocycles. The number of fused-ring (bicyclic) bond motifs is 20. The van der Waals surface area contributed by atoms with E-state index in [2.05, 4.69) is 157 Å². The molecule has 0 radical (unpaired) electrons. The van der Waals surface area contributed by atoms with Crippen molar-refractivity contribution in [1.82, 2.24) is 60.4 Å². The topological polar surface area (TPSA) is 188 Å². The van der Waals surface area contributed by atoms with Crippen LogP contribution in [0.25, 0.3) is 62.1 Å². The van der Waals surface area contributed by atoms with Gasteiger partial charge >= 0.3 is 0 Å². The van der Waals surface area contributed by atoms with Gasteiger partial charge in [-0.2, -0.15) is 20.4 Å². The number of amides is 4. The number of hydrogen-bond donors (Lipinski definition) is 4. The average molecular weight is 2040 g/mol. The first-order valence-electron chi connectivity index (χ1n) is 52.4. The standard InChI is InChI=1S/C30H33F2N3O.C29H30BrF2N3O.C29H30ClF2N3O.C29H40ClN3O/c1-17-7-11-22-18(13-17)5-4-6-23-27(34-35(28(22)23)26-12-10-21(31)15-25(26)32)29(36)33-16-19-8-9-20-14-24(19)30(20,2)3;2*1-29(2)18-7-6-17(23(29)13-18)15-33-28(36)26-22-5-3-4-16-12-19(30)8-10-21(16)27(22)35(34-26)25-11-9-20(31)14-24(25)32;1-19-10-13-23-20(16-19)8-7-9-24-26(32-33(27(23)24)15-6-4-5-14-30)28(34)31-18-21-11-12-22-17-25(21)29(22,2)3/h7,10-13,15,19-20,24H,4-6,8-9,14,16H2,1-3H3,(H,33,36);2*8-12,14,17-18,23H,3-7,13,15H2,1-2H3,(H,33,36);10,13,16,21-22,25H,4-9,11-12,14-15,17-18H2,1-3H3,(H,31,34). The van der Waals surface area contributed by atoms with Crippen LogP contribution in [0.1, 0.15) is 275 Å². The lowest BCUT2D eigenvalue weighted by Crippen LogP contribution is -2.54. The highest BCUT2D eigenvalue weighted by Crippen LogP contribution is 2.65. The van der Waals surface area contributed by atoms with Crippen LogP contribution in [0.4, 0.5) is 26.3 Å². The molecule has 16 aliphatic rings. The van der Waals surface area contributed by atoms with E-state index < -0.39 is 34.9 Å². The highest BCUT2D eigenvalue weighted by molar-refractivity contribution is 9.10. The van der Waals surface area contributed by atoms with Gasteiger partial charge in [0.1, 0.15) is 34.5 Å². The van der Waals surface area contributed by atoms with Crippen molar-refractivity contribution in [2.45, 2.75) is 249 Å². The molecule has 4 amide bonds. The number of benzene rings is 7. The molecule has 16 nitrogen and oxygen atoms in total. The molecule has 12 saturated carbocycles. The predicted octanol–water partition coefficient (Wildman–Crippen LogP) is 26.6. The van der Waals surface area contributed by atoms with E-state index in [9.17, 15) is 45.5 Å². The van der Waals surface area contributed by atoms with Crippen LogP contribution in [-0.2, 0) is 57.9 Å².